The van der Waals surface area contributed by atoms with Gasteiger partial charge in [0.25, 0.3) is 0 Å². The lowest BCUT2D eigenvalue weighted by Crippen LogP contribution is -2.50. The molecule has 0 spiro atoms. The molecule has 0 saturated carbocycles. The molecule has 0 aromatic rings. The number of urea groups is 1. The van der Waals surface area contributed by atoms with E-state index in [0.29, 0.717) is 25.0 Å². The van der Waals surface area contributed by atoms with Gasteiger partial charge in [0.05, 0.1) is 6.54 Å². The highest BCUT2D eigenvalue weighted by atomic mass is 16.2. The number of hydrogen-bond acceptors (Lipinski definition) is 4. The third-order valence-corrected chi connectivity index (χ3v) is 4.34. The number of amides is 3. The first-order chi connectivity index (χ1) is 11.5. The van der Waals surface area contributed by atoms with Gasteiger partial charge in [-0.25, -0.2) is 4.79 Å². The number of hydrogen-bond donors (Lipinski definition) is 3. The molecule has 0 unspecified atom stereocenters. The zero-order chi connectivity index (χ0) is 17.5. The minimum absolute atomic E-state index is 0.0980. The Bertz CT molecular complexity index is 455. The van der Waals surface area contributed by atoms with Gasteiger partial charge in [0.15, 0.2) is 5.96 Å². The number of rotatable bonds is 6. The van der Waals surface area contributed by atoms with Crippen LogP contribution in [0, 0.1) is 5.92 Å². The Morgan fingerprint density at radius 1 is 1.33 bits per heavy atom. The average molecular weight is 338 g/mol. The van der Waals surface area contributed by atoms with Crippen LogP contribution in [0.3, 0.4) is 0 Å². The molecule has 136 valence electrons. The van der Waals surface area contributed by atoms with Crippen molar-refractivity contribution in [3.63, 3.8) is 0 Å². The van der Waals surface area contributed by atoms with Crippen LogP contribution in [-0.4, -0.2) is 80.1 Å². The molecule has 2 heterocycles. The Morgan fingerprint density at radius 2 is 2.04 bits per heavy atom. The summed E-state index contributed by atoms with van der Waals surface area (Å²) in [5, 5.41) is 9.13. The van der Waals surface area contributed by atoms with Gasteiger partial charge in [-0.05, 0) is 18.8 Å². The van der Waals surface area contributed by atoms with Crippen LogP contribution in [0.5, 0.6) is 0 Å². The number of piperidine rings is 1. The minimum atomic E-state index is -0.317. The molecule has 2 aliphatic rings. The lowest BCUT2D eigenvalue weighted by atomic mass is 10.0. The molecule has 2 fully saturated rings. The Kier molecular flexibility index (Phi) is 6.84. The predicted molar refractivity (Wildman–Crippen MR) is 93.9 cm³/mol. The first-order valence-corrected chi connectivity index (χ1v) is 8.77. The van der Waals surface area contributed by atoms with Crippen molar-refractivity contribution in [2.45, 2.75) is 32.7 Å². The van der Waals surface area contributed by atoms with Crippen molar-refractivity contribution in [1.29, 1.82) is 0 Å². The van der Waals surface area contributed by atoms with E-state index in [1.54, 1.807) is 7.05 Å². The molecule has 8 heteroatoms. The number of nitrogens with zero attached hydrogens (tertiary/aromatic N) is 3. The van der Waals surface area contributed by atoms with Gasteiger partial charge < -0.3 is 20.9 Å². The zero-order valence-corrected chi connectivity index (χ0v) is 15.0. The van der Waals surface area contributed by atoms with Crippen LogP contribution >= 0.6 is 0 Å². The fourth-order valence-corrected chi connectivity index (χ4v) is 3.13. The smallest absolute Gasteiger partial charge is 0.324 e. The molecule has 0 radical (unpaired) electrons. The molecular weight excluding hydrogens is 308 g/mol. The summed E-state index contributed by atoms with van der Waals surface area (Å²) in [6.07, 6.45) is 2.20. The molecule has 2 aliphatic heterocycles. The minimum Gasteiger partial charge on any atom is -0.355 e. The standard InChI is InChI=1S/C16H30N6O2/c1-12(2)11-21-7-4-13(5-8-21)20-15(17-3)18-6-9-22-14(23)10-19-16(22)24/h12-13H,4-11H2,1-3H3,(H,19,24)(H2,17,18,20). The van der Waals surface area contributed by atoms with E-state index in [1.165, 1.54) is 4.90 Å². The zero-order valence-electron chi connectivity index (χ0n) is 15.0. The highest BCUT2D eigenvalue weighted by molar-refractivity contribution is 6.01. The lowest BCUT2D eigenvalue weighted by molar-refractivity contribution is -0.124. The molecule has 0 aromatic heterocycles. The molecule has 0 aliphatic carbocycles. The molecule has 24 heavy (non-hydrogen) atoms. The van der Waals surface area contributed by atoms with Crippen molar-refractivity contribution in [1.82, 2.24) is 25.8 Å². The van der Waals surface area contributed by atoms with Crippen molar-refractivity contribution in [3.05, 3.63) is 0 Å². The lowest BCUT2D eigenvalue weighted by Gasteiger charge is -2.34. The van der Waals surface area contributed by atoms with Crippen LogP contribution in [0.4, 0.5) is 4.79 Å². The fraction of sp³-hybridized carbons (Fsp3) is 0.812. The molecule has 0 aromatic carbocycles. The second-order valence-electron chi connectivity index (χ2n) is 6.82. The summed E-state index contributed by atoms with van der Waals surface area (Å²) in [5.41, 5.74) is 0. The molecule has 3 N–H and O–H groups in total. The third-order valence-electron chi connectivity index (χ3n) is 4.34. The maximum atomic E-state index is 11.5. The predicted octanol–water partition coefficient (Wildman–Crippen LogP) is -0.176. The second-order valence-corrected chi connectivity index (χ2v) is 6.82. The van der Waals surface area contributed by atoms with E-state index in [4.69, 9.17) is 0 Å². The third kappa shape index (κ3) is 5.36. The fourth-order valence-electron chi connectivity index (χ4n) is 3.13. The van der Waals surface area contributed by atoms with Crippen molar-refractivity contribution in [2.24, 2.45) is 10.9 Å². The number of imide groups is 1. The largest absolute Gasteiger partial charge is 0.355 e. The summed E-state index contributed by atoms with van der Waals surface area (Å²) in [5.74, 6) is 1.25. The van der Waals surface area contributed by atoms with Crippen molar-refractivity contribution in [2.75, 3.05) is 46.3 Å². The van der Waals surface area contributed by atoms with E-state index < -0.39 is 0 Å². The molecule has 2 rings (SSSR count). The van der Waals surface area contributed by atoms with Gasteiger partial charge in [0, 0.05) is 45.8 Å². The number of carbonyl (C=O) groups is 2. The molecule has 0 bridgehead atoms. The van der Waals surface area contributed by atoms with Gasteiger partial charge in [-0.1, -0.05) is 13.8 Å². The van der Waals surface area contributed by atoms with E-state index >= 15 is 0 Å². The first kappa shape index (κ1) is 18.5. The van der Waals surface area contributed by atoms with Crippen molar-refractivity contribution in [3.8, 4) is 0 Å². The molecule has 8 nitrogen and oxygen atoms in total. The second kappa shape index (κ2) is 8.86. The Morgan fingerprint density at radius 3 is 2.58 bits per heavy atom. The van der Waals surface area contributed by atoms with E-state index in [1.807, 2.05) is 0 Å². The van der Waals surface area contributed by atoms with Crippen LogP contribution in [0.1, 0.15) is 26.7 Å². The van der Waals surface area contributed by atoms with Crippen LogP contribution < -0.4 is 16.0 Å². The Labute approximate surface area is 144 Å². The summed E-state index contributed by atoms with van der Waals surface area (Å²) in [4.78, 5) is 31.0. The van der Waals surface area contributed by atoms with Gasteiger partial charge >= 0.3 is 6.03 Å². The van der Waals surface area contributed by atoms with Gasteiger partial charge in [0.1, 0.15) is 0 Å². The highest BCUT2D eigenvalue weighted by Crippen LogP contribution is 2.11. The monoisotopic (exact) mass is 338 g/mol. The maximum Gasteiger partial charge on any atom is 0.324 e. The summed E-state index contributed by atoms with van der Waals surface area (Å²) in [6.45, 7) is 8.81. The van der Waals surface area contributed by atoms with Gasteiger partial charge in [-0.2, -0.15) is 0 Å². The molecule has 2 saturated heterocycles. The van der Waals surface area contributed by atoms with E-state index in [9.17, 15) is 9.59 Å². The number of guanidine groups is 1. The topological polar surface area (TPSA) is 89.1 Å². The molecular formula is C16H30N6O2. The summed E-state index contributed by atoms with van der Waals surface area (Å²) in [7, 11) is 1.73. The average Bonchev–Trinajstić information content (AvgIpc) is 2.87. The quantitative estimate of drug-likeness (QED) is 0.355. The van der Waals surface area contributed by atoms with Gasteiger partial charge in [0.2, 0.25) is 5.91 Å². The van der Waals surface area contributed by atoms with Gasteiger partial charge in [-0.3, -0.25) is 14.7 Å². The van der Waals surface area contributed by atoms with E-state index in [0.717, 1.165) is 38.4 Å². The van der Waals surface area contributed by atoms with E-state index in [-0.39, 0.29) is 18.5 Å². The Balaban J connectivity index is 1.68. The van der Waals surface area contributed by atoms with Crippen LogP contribution in [0.15, 0.2) is 4.99 Å². The SMILES string of the molecule is CN=C(NCCN1C(=O)CNC1=O)NC1CCN(CC(C)C)CC1. The van der Waals surface area contributed by atoms with Crippen molar-refractivity contribution < 1.29 is 9.59 Å². The summed E-state index contributed by atoms with van der Waals surface area (Å²) >= 11 is 0. The normalized spacial score (nSPS) is 20.7. The Hall–Kier alpha value is -1.83. The van der Waals surface area contributed by atoms with Gasteiger partial charge in [-0.15, -0.1) is 0 Å². The van der Waals surface area contributed by atoms with Crippen LogP contribution in [-0.2, 0) is 4.79 Å². The van der Waals surface area contributed by atoms with Crippen LogP contribution in [0.25, 0.3) is 0 Å². The summed E-state index contributed by atoms with van der Waals surface area (Å²) in [6, 6.07) is 0.0959. The van der Waals surface area contributed by atoms with E-state index in [2.05, 4.69) is 39.7 Å². The summed E-state index contributed by atoms with van der Waals surface area (Å²) < 4.78 is 0. The van der Waals surface area contributed by atoms with Crippen LogP contribution in [0.2, 0.25) is 0 Å². The van der Waals surface area contributed by atoms with Crippen molar-refractivity contribution >= 4 is 17.9 Å². The number of likely N-dealkylation sites (tertiary alicyclic amines) is 1. The number of aliphatic imine (C=N–C) groups is 1. The highest BCUT2D eigenvalue weighted by Gasteiger charge is 2.27. The first-order valence-electron chi connectivity index (χ1n) is 8.77. The maximum absolute atomic E-state index is 11.5. The number of carbonyl (C=O) groups excluding carboxylic acids is 2. The molecule has 3 amide bonds. The number of nitrogens with one attached hydrogen (secondary N) is 3. The molecule has 0 atom stereocenters.